The zero-order valence-electron chi connectivity index (χ0n) is 13.0. The third-order valence-electron chi connectivity index (χ3n) is 3.46. The lowest BCUT2D eigenvalue weighted by Gasteiger charge is -2.29. The van der Waals surface area contributed by atoms with Crippen molar-refractivity contribution in [2.75, 3.05) is 32.0 Å². The number of hydrogen-bond acceptors (Lipinski definition) is 5. The van der Waals surface area contributed by atoms with Gasteiger partial charge in [0.15, 0.2) is 0 Å². The molecule has 0 spiro atoms. The van der Waals surface area contributed by atoms with Gasteiger partial charge in [0.1, 0.15) is 0 Å². The lowest BCUT2D eigenvalue weighted by molar-refractivity contribution is 0.216. The molecule has 1 N–H and O–H groups in total. The normalized spacial score (nSPS) is 20.1. The van der Waals surface area contributed by atoms with Crippen LogP contribution in [-0.4, -0.2) is 47.7 Å². The Morgan fingerprint density at radius 1 is 1.45 bits per heavy atom. The number of ether oxygens (including phenoxy) is 1. The van der Waals surface area contributed by atoms with Crippen LogP contribution in [0.4, 0.5) is 5.95 Å². The molecular weight excluding hydrogens is 252 g/mol. The standard InChI is InChI=1S/C15H26N4O/c1-11(2)20-14-8-12(3)17-15(18-14)16-9-13-6-5-7-19(4)10-13/h8,11,13H,5-7,9-10H2,1-4H3,(H,16,17,18). The van der Waals surface area contributed by atoms with E-state index in [0.29, 0.717) is 17.7 Å². The molecule has 0 aromatic carbocycles. The summed E-state index contributed by atoms with van der Waals surface area (Å²) in [7, 11) is 2.18. The van der Waals surface area contributed by atoms with Gasteiger partial charge in [-0.3, -0.25) is 0 Å². The number of hydrogen-bond donors (Lipinski definition) is 1. The number of aromatic nitrogens is 2. The minimum absolute atomic E-state index is 0.129. The van der Waals surface area contributed by atoms with Crippen molar-refractivity contribution in [1.82, 2.24) is 14.9 Å². The summed E-state index contributed by atoms with van der Waals surface area (Å²) in [6.07, 6.45) is 2.68. The molecular formula is C15H26N4O. The molecule has 5 nitrogen and oxygen atoms in total. The molecule has 112 valence electrons. The second-order valence-electron chi connectivity index (χ2n) is 5.99. The number of likely N-dealkylation sites (tertiary alicyclic amines) is 1. The predicted molar refractivity (Wildman–Crippen MR) is 81.2 cm³/mol. The highest BCUT2D eigenvalue weighted by Crippen LogP contribution is 2.17. The van der Waals surface area contributed by atoms with E-state index in [4.69, 9.17) is 4.74 Å². The van der Waals surface area contributed by atoms with Crippen LogP contribution >= 0.6 is 0 Å². The third kappa shape index (κ3) is 4.63. The van der Waals surface area contributed by atoms with E-state index in [1.807, 2.05) is 26.8 Å². The maximum absolute atomic E-state index is 5.65. The van der Waals surface area contributed by atoms with Crippen LogP contribution in [0.15, 0.2) is 6.07 Å². The Balaban J connectivity index is 1.93. The molecule has 1 aromatic heterocycles. The maximum atomic E-state index is 5.65. The number of anilines is 1. The van der Waals surface area contributed by atoms with Crippen LogP contribution in [-0.2, 0) is 0 Å². The molecule has 1 aliphatic rings. The molecule has 1 atom stereocenters. The monoisotopic (exact) mass is 278 g/mol. The Bertz CT molecular complexity index is 436. The van der Waals surface area contributed by atoms with Gasteiger partial charge in [-0.25, -0.2) is 4.98 Å². The quantitative estimate of drug-likeness (QED) is 0.896. The second-order valence-corrected chi connectivity index (χ2v) is 5.99. The van der Waals surface area contributed by atoms with Crippen LogP contribution in [0, 0.1) is 12.8 Å². The summed E-state index contributed by atoms with van der Waals surface area (Å²) < 4.78 is 5.65. The van der Waals surface area contributed by atoms with Crippen LogP contribution in [0.5, 0.6) is 5.88 Å². The molecule has 1 aromatic rings. The topological polar surface area (TPSA) is 50.3 Å². The van der Waals surface area contributed by atoms with Gasteiger partial charge in [-0.05, 0) is 53.1 Å². The first-order valence-electron chi connectivity index (χ1n) is 7.47. The van der Waals surface area contributed by atoms with Crippen molar-refractivity contribution in [2.45, 2.75) is 39.7 Å². The van der Waals surface area contributed by atoms with Gasteiger partial charge in [-0.1, -0.05) is 0 Å². The summed E-state index contributed by atoms with van der Waals surface area (Å²) in [5, 5.41) is 3.36. The average molecular weight is 278 g/mol. The van der Waals surface area contributed by atoms with Crippen molar-refractivity contribution in [2.24, 2.45) is 5.92 Å². The number of rotatable bonds is 5. The minimum Gasteiger partial charge on any atom is -0.475 e. The Morgan fingerprint density at radius 3 is 2.95 bits per heavy atom. The zero-order chi connectivity index (χ0) is 14.5. The molecule has 5 heteroatoms. The van der Waals surface area contributed by atoms with Crippen molar-refractivity contribution in [3.05, 3.63) is 11.8 Å². The Hall–Kier alpha value is -1.36. The fraction of sp³-hybridized carbons (Fsp3) is 0.733. The molecule has 20 heavy (non-hydrogen) atoms. The van der Waals surface area contributed by atoms with Gasteiger partial charge in [0.05, 0.1) is 6.10 Å². The van der Waals surface area contributed by atoms with Crippen molar-refractivity contribution < 1.29 is 4.74 Å². The molecule has 1 unspecified atom stereocenters. The third-order valence-corrected chi connectivity index (χ3v) is 3.46. The first-order valence-corrected chi connectivity index (χ1v) is 7.47. The summed E-state index contributed by atoms with van der Waals surface area (Å²) in [5.41, 5.74) is 0.930. The fourth-order valence-electron chi connectivity index (χ4n) is 2.60. The van der Waals surface area contributed by atoms with Crippen LogP contribution in [0.2, 0.25) is 0 Å². The van der Waals surface area contributed by atoms with Crippen molar-refractivity contribution in [3.8, 4) is 5.88 Å². The molecule has 2 heterocycles. The van der Waals surface area contributed by atoms with E-state index in [1.165, 1.54) is 19.4 Å². The van der Waals surface area contributed by atoms with E-state index in [9.17, 15) is 0 Å². The summed E-state index contributed by atoms with van der Waals surface area (Å²) in [4.78, 5) is 11.2. The predicted octanol–water partition coefficient (Wildman–Crippen LogP) is 2.33. The molecule has 0 amide bonds. The Morgan fingerprint density at radius 2 is 2.25 bits per heavy atom. The van der Waals surface area contributed by atoms with Crippen LogP contribution in [0.1, 0.15) is 32.4 Å². The first-order chi connectivity index (χ1) is 9.52. The van der Waals surface area contributed by atoms with Gasteiger partial charge < -0.3 is 15.0 Å². The van der Waals surface area contributed by atoms with E-state index in [-0.39, 0.29) is 6.10 Å². The van der Waals surface area contributed by atoms with Gasteiger partial charge in [0, 0.05) is 24.8 Å². The van der Waals surface area contributed by atoms with Gasteiger partial charge in [-0.15, -0.1) is 0 Å². The Labute approximate surface area is 121 Å². The minimum atomic E-state index is 0.129. The summed E-state index contributed by atoms with van der Waals surface area (Å²) >= 11 is 0. The van der Waals surface area contributed by atoms with Gasteiger partial charge in [0.25, 0.3) is 0 Å². The largest absolute Gasteiger partial charge is 0.475 e. The fourth-order valence-corrected chi connectivity index (χ4v) is 2.60. The van der Waals surface area contributed by atoms with Crippen molar-refractivity contribution in [1.29, 1.82) is 0 Å². The van der Waals surface area contributed by atoms with E-state index >= 15 is 0 Å². The highest BCUT2D eigenvalue weighted by Gasteiger charge is 2.17. The molecule has 1 fully saturated rings. The molecule has 1 aliphatic heterocycles. The highest BCUT2D eigenvalue weighted by molar-refractivity contribution is 5.30. The van der Waals surface area contributed by atoms with E-state index in [2.05, 4.69) is 27.2 Å². The van der Waals surface area contributed by atoms with Crippen LogP contribution in [0.3, 0.4) is 0 Å². The average Bonchev–Trinajstić information content (AvgIpc) is 2.35. The number of piperidine rings is 1. The summed E-state index contributed by atoms with van der Waals surface area (Å²) in [6.45, 7) is 9.26. The highest BCUT2D eigenvalue weighted by atomic mass is 16.5. The van der Waals surface area contributed by atoms with E-state index in [1.54, 1.807) is 0 Å². The van der Waals surface area contributed by atoms with Gasteiger partial charge in [-0.2, -0.15) is 4.98 Å². The SMILES string of the molecule is Cc1cc(OC(C)C)nc(NCC2CCCN(C)C2)n1. The van der Waals surface area contributed by atoms with Crippen LogP contribution < -0.4 is 10.1 Å². The summed E-state index contributed by atoms with van der Waals surface area (Å²) in [5.74, 6) is 2.00. The van der Waals surface area contributed by atoms with E-state index < -0.39 is 0 Å². The van der Waals surface area contributed by atoms with Crippen molar-refractivity contribution >= 4 is 5.95 Å². The second kappa shape index (κ2) is 6.88. The van der Waals surface area contributed by atoms with Crippen molar-refractivity contribution in [3.63, 3.8) is 0 Å². The number of nitrogens with one attached hydrogen (secondary N) is 1. The first kappa shape index (κ1) is 15.0. The zero-order valence-corrected chi connectivity index (χ0v) is 13.0. The van der Waals surface area contributed by atoms with Crippen LogP contribution in [0.25, 0.3) is 0 Å². The van der Waals surface area contributed by atoms with Gasteiger partial charge in [0.2, 0.25) is 11.8 Å². The molecule has 2 rings (SSSR count). The summed E-state index contributed by atoms with van der Waals surface area (Å²) in [6, 6.07) is 1.87. The number of aryl methyl sites for hydroxylation is 1. The van der Waals surface area contributed by atoms with E-state index in [0.717, 1.165) is 18.8 Å². The number of nitrogens with zero attached hydrogens (tertiary/aromatic N) is 3. The lowest BCUT2D eigenvalue weighted by Crippen LogP contribution is -2.35. The molecule has 0 aliphatic carbocycles. The maximum Gasteiger partial charge on any atom is 0.226 e. The molecule has 0 radical (unpaired) electrons. The molecule has 1 saturated heterocycles. The molecule has 0 saturated carbocycles. The smallest absolute Gasteiger partial charge is 0.226 e. The lowest BCUT2D eigenvalue weighted by atomic mass is 9.99. The Kier molecular flexibility index (Phi) is 5.17. The van der Waals surface area contributed by atoms with Gasteiger partial charge >= 0.3 is 0 Å². The molecule has 0 bridgehead atoms.